The van der Waals surface area contributed by atoms with Gasteiger partial charge in [-0.25, -0.2) is 9.97 Å². The number of hydrogen-bond acceptors (Lipinski definition) is 8. The summed E-state index contributed by atoms with van der Waals surface area (Å²) in [6.45, 7) is 4.69. The summed E-state index contributed by atoms with van der Waals surface area (Å²) in [5.41, 5.74) is 0.471. The van der Waals surface area contributed by atoms with Gasteiger partial charge in [0.1, 0.15) is 17.7 Å². The highest BCUT2D eigenvalue weighted by Gasteiger charge is 2.29. The van der Waals surface area contributed by atoms with Gasteiger partial charge in [-0.2, -0.15) is 10.2 Å². The van der Waals surface area contributed by atoms with E-state index in [4.69, 9.17) is 26.6 Å². The molecule has 0 N–H and O–H groups in total. The van der Waals surface area contributed by atoms with E-state index in [1.165, 1.54) is 0 Å². The molecule has 0 aliphatic carbocycles. The van der Waals surface area contributed by atoms with E-state index in [0.29, 0.717) is 29.8 Å². The summed E-state index contributed by atoms with van der Waals surface area (Å²) >= 11 is 6.33. The molecule has 0 bridgehead atoms. The molecule has 8 nitrogen and oxygen atoms in total. The number of morpholine rings is 1. The minimum atomic E-state index is 0.293. The zero-order chi connectivity index (χ0) is 19.5. The molecular weight excluding hydrogens is 378 g/mol. The molecule has 28 heavy (non-hydrogen) atoms. The summed E-state index contributed by atoms with van der Waals surface area (Å²) in [6.07, 6.45) is 4.36. The first-order chi connectivity index (χ1) is 13.7. The van der Waals surface area contributed by atoms with Crippen molar-refractivity contribution in [3.63, 3.8) is 0 Å². The van der Waals surface area contributed by atoms with Gasteiger partial charge in [0.15, 0.2) is 0 Å². The van der Waals surface area contributed by atoms with Crippen LogP contribution >= 0.6 is 11.6 Å². The number of halogens is 1. The first-order valence-electron chi connectivity index (χ1n) is 9.35. The molecule has 1 atom stereocenters. The van der Waals surface area contributed by atoms with Gasteiger partial charge >= 0.3 is 0 Å². The maximum atomic E-state index is 8.98. The molecule has 2 saturated heterocycles. The highest BCUT2D eigenvalue weighted by atomic mass is 35.5. The molecule has 2 fully saturated rings. The van der Waals surface area contributed by atoms with E-state index in [1.807, 2.05) is 12.3 Å². The fourth-order valence-electron chi connectivity index (χ4n) is 3.61. The van der Waals surface area contributed by atoms with Crippen LogP contribution in [0.5, 0.6) is 0 Å². The van der Waals surface area contributed by atoms with Crippen molar-refractivity contribution in [2.75, 3.05) is 61.1 Å². The molecule has 0 radical (unpaired) electrons. The van der Waals surface area contributed by atoms with Crippen molar-refractivity contribution in [1.82, 2.24) is 15.0 Å². The number of hydrogen-bond donors (Lipinski definition) is 0. The van der Waals surface area contributed by atoms with Gasteiger partial charge in [0, 0.05) is 51.7 Å². The zero-order valence-corrected chi connectivity index (χ0v) is 16.5. The molecule has 9 heteroatoms. The number of ether oxygens (including phenoxy) is 1. The summed E-state index contributed by atoms with van der Waals surface area (Å²) in [4.78, 5) is 20.1. The minimum absolute atomic E-state index is 0.293. The largest absolute Gasteiger partial charge is 0.378 e. The van der Waals surface area contributed by atoms with Gasteiger partial charge in [-0.05, 0) is 18.6 Å². The van der Waals surface area contributed by atoms with E-state index in [9.17, 15) is 0 Å². The number of pyridine rings is 1. The lowest BCUT2D eigenvalue weighted by atomic mass is 10.2. The van der Waals surface area contributed by atoms with Crippen LogP contribution in [0.2, 0.25) is 5.02 Å². The lowest BCUT2D eigenvalue weighted by Gasteiger charge is -2.29. The SMILES string of the molecule is CN(c1ccnc(N2CCOCC2)n1)C1CCN(c2ncc(C#N)cc2Cl)C1. The van der Waals surface area contributed by atoms with E-state index in [1.54, 1.807) is 12.3 Å². The molecule has 0 amide bonds. The van der Waals surface area contributed by atoms with E-state index in [2.05, 4.69) is 37.8 Å². The van der Waals surface area contributed by atoms with Crippen LogP contribution in [-0.2, 0) is 4.74 Å². The van der Waals surface area contributed by atoms with Crippen LogP contribution in [0.1, 0.15) is 12.0 Å². The van der Waals surface area contributed by atoms with Crippen LogP contribution in [0.3, 0.4) is 0 Å². The van der Waals surface area contributed by atoms with Gasteiger partial charge < -0.3 is 19.4 Å². The van der Waals surface area contributed by atoms with Gasteiger partial charge in [0.25, 0.3) is 0 Å². The quantitative estimate of drug-likeness (QED) is 0.771. The van der Waals surface area contributed by atoms with E-state index in [0.717, 1.165) is 50.2 Å². The van der Waals surface area contributed by atoms with Crippen molar-refractivity contribution < 1.29 is 4.74 Å². The number of nitrogens with zero attached hydrogens (tertiary/aromatic N) is 7. The molecule has 4 rings (SSSR count). The maximum Gasteiger partial charge on any atom is 0.227 e. The molecule has 0 spiro atoms. The van der Waals surface area contributed by atoms with Gasteiger partial charge in [-0.15, -0.1) is 0 Å². The Kier molecular flexibility index (Phi) is 5.46. The van der Waals surface area contributed by atoms with E-state index >= 15 is 0 Å². The third kappa shape index (κ3) is 3.81. The second-order valence-corrected chi connectivity index (χ2v) is 7.36. The topological polar surface area (TPSA) is 81.4 Å². The average Bonchev–Trinajstić information content (AvgIpc) is 3.23. The molecular formula is C19H22ClN7O. The van der Waals surface area contributed by atoms with Gasteiger partial charge in [0.2, 0.25) is 5.95 Å². The highest BCUT2D eigenvalue weighted by Crippen LogP contribution is 2.29. The van der Waals surface area contributed by atoms with Crippen molar-refractivity contribution >= 4 is 29.2 Å². The highest BCUT2D eigenvalue weighted by molar-refractivity contribution is 6.33. The minimum Gasteiger partial charge on any atom is -0.378 e. The fourth-order valence-corrected chi connectivity index (χ4v) is 3.90. The Morgan fingerprint density at radius 3 is 2.82 bits per heavy atom. The van der Waals surface area contributed by atoms with Crippen LogP contribution in [0, 0.1) is 11.3 Å². The molecule has 2 aliphatic heterocycles. The maximum absolute atomic E-state index is 8.98. The first-order valence-corrected chi connectivity index (χ1v) is 9.72. The second kappa shape index (κ2) is 8.17. The average molecular weight is 400 g/mol. The third-order valence-corrected chi connectivity index (χ3v) is 5.52. The zero-order valence-electron chi connectivity index (χ0n) is 15.8. The number of likely N-dealkylation sites (N-methyl/N-ethyl adjacent to an activating group) is 1. The van der Waals surface area contributed by atoms with Crippen molar-refractivity contribution in [2.24, 2.45) is 0 Å². The summed E-state index contributed by atoms with van der Waals surface area (Å²) in [5.74, 6) is 2.38. The number of aromatic nitrogens is 3. The molecule has 146 valence electrons. The van der Waals surface area contributed by atoms with Crippen LogP contribution in [-0.4, -0.2) is 67.4 Å². The van der Waals surface area contributed by atoms with Crippen molar-refractivity contribution in [1.29, 1.82) is 5.26 Å². The number of nitriles is 1. The van der Waals surface area contributed by atoms with Crippen LogP contribution in [0.4, 0.5) is 17.6 Å². The smallest absolute Gasteiger partial charge is 0.227 e. The Morgan fingerprint density at radius 1 is 1.25 bits per heavy atom. The molecule has 0 aromatic carbocycles. The Hall–Kier alpha value is -2.63. The van der Waals surface area contributed by atoms with Gasteiger partial charge in [-0.1, -0.05) is 11.6 Å². The summed E-state index contributed by atoms with van der Waals surface area (Å²) < 4.78 is 5.41. The van der Waals surface area contributed by atoms with Crippen molar-refractivity contribution in [2.45, 2.75) is 12.5 Å². The molecule has 0 saturated carbocycles. The van der Waals surface area contributed by atoms with Crippen LogP contribution in [0.15, 0.2) is 24.5 Å². The van der Waals surface area contributed by atoms with E-state index in [-0.39, 0.29) is 0 Å². The lowest BCUT2D eigenvalue weighted by Crippen LogP contribution is -2.38. The summed E-state index contributed by atoms with van der Waals surface area (Å²) in [6, 6.07) is 5.97. The third-order valence-electron chi connectivity index (χ3n) is 5.24. The standard InChI is InChI=1S/C19H22ClN7O/c1-25(17-2-4-22-19(24-17)26-6-8-28-9-7-26)15-3-5-27(13-15)18-16(20)10-14(11-21)12-23-18/h2,4,10,12,15H,3,5-9,13H2,1H3. The van der Waals surface area contributed by atoms with Crippen LogP contribution in [0.25, 0.3) is 0 Å². The Labute approximate surface area is 169 Å². The number of anilines is 3. The van der Waals surface area contributed by atoms with Crippen molar-refractivity contribution in [3.05, 3.63) is 35.1 Å². The normalized spacial score (nSPS) is 19.5. The molecule has 2 aliphatic rings. The van der Waals surface area contributed by atoms with E-state index < -0.39 is 0 Å². The molecule has 1 unspecified atom stereocenters. The monoisotopic (exact) mass is 399 g/mol. The van der Waals surface area contributed by atoms with Crippen LogP contribution < -0.4 is 14.7 Å². The lowest BCUT2D eigenvalue weighted by molar-refractivity contribution is 0.122. The predicted octanol–water partition coefficient (Wildman–Crippen LogP) is 1.95. The van der Waals surface area contributed by atoms with Crippen molar-refractivity contribution in [3.8, 4) is 6.07 Å². The molecule has 2 aromatic rings. The Balaban J connectivity index is 1.46. The van der Waals surface area contributed by atoms with Gasteiger partial charge in [0.05, 0.1) is 23.8 Å². The fraction of sp³-hybridized carbons (Fsp3) is 0.474. The molecule has 2 aromatic heterocycles. The Bertz CT molecular complexity index is 881. The Morgan fingerprint density at radius 2 is 2.07 bits per heavy atom. The van der Waals surface area contributed by atoms with Gasteiger partial charge in [-0.3, -0.25) is 0 Å². The summed E-state index contributed by atoms with van der Waals surface area (Å²) in [7, 11) is 2.06. The number of rotatable bonds is 4. The second-order valence-electron chi connectivity index (χ2n) is 6.95. The first kappa shape index (κ1) is 18.7. The molecule has 4 heterocycles. The summed E-state index contributed by atoms with van der Waals surface area (Å²) in [5, 5.41) is 9.50. The predicted molar refractivity (Wildman–Crippen MR) is 108 cm³/mol.